The largest absolute Gasteiger partial charge is 0.409 e. The van der Waals surface area contributed by atoms with Crippen LogP contribution in [0.25, 0.3) is 10.8 Å². The van der Waals surface area contributed by atoms with E-state index in [1.807, 2.05) is 30.3 Å². The van der Waals surface area contributed by atoms with E-state index in [0.29, 0.717) is 12.2 Å². The number of aromatic nitrogens is 1. The molecule has 1 amide bonds. The van der Waals surface area contributed by atoms with Gasteiger partial charge in [0.1, 0.15) is 11.5 Å². The van der Waals surface area contributed by atoms with Gasteiger partial charge in [-0.3, -0.25) is 9.78 Å². The molecule has 0 spiro atoms. The molecule has 2 rings (SSSR count). The quantitative estimate of drug-likeness (QED) is 0.387. The van der Waals surface area contributed by atoms with Crippen molar-refractivity contribution in [3.05, 3.63) is 42.2 Å². The Morgan fingerprint density at radius 1 is 1.43 bits per heavy atom. The van der Waals surface area contributed by atoms with Gasteiger partial charge in [-0.15, -0.1) is 0 Å². The fourth-order valence-corrected chi connectivity index (χ4v) is 2.16. The van der Waals surface area contributed by atoms with Gasteiger partial charge in [0.05, 0.1) is 0 Å². The number of amides is 1. The average molecular weight is 286 g/mol. The van der Waals surface area contributed by atoms with Crippen LogP contribution < -0.4 is 5.73 Å². The molecule has 110 valence electrons. The standard InChI is InChI=1S/C15H18N4O2/c1-10(14(16)18-21)9-19(2)15(20)13-12-6-4-3-5-11(12)7-8-17-13/h3-8,10,21H,9H2,1-2H3,(H2,16,18). The summed E-state index contributed by atoms with van der Waals surface area (Å²) in [5.41, 5.74) is 5.95. The number of fused-ring (bicyclic) bond motifs is 1. The molecule has 1 heterocycles. The van der Waals surface area contributed by atoms with Crippen molar-refractivity contribution in [3.8, 4) is 0 Å². The van der Waals surface area contributed by atoms with Crippen LogP contribution in [0, 0.1) is 5.92 Å². The predicted molar refractivity (Wildman–Crippen MR) is 81.3 cm³/mol. The van der Waals surface area contributed by atoms with Crippen molar-refractivity contribution in [2.45, 2.75) is 6.92 Å². The van der Waals surface area contributed by atoms with Crippen molar-refractivity contribution in [1.29, 1.82) is 0 Å². The molecule has 3 N–H and O–H groups in total. The third-order valence-electron chi connectivity index (χ3n) is 3.39. The smallest absolute Gasteiger partial charge is 0.272 e. The molecule has 1 unspecified atom stereocenters. The van der Waals surface area contributed by atoms with Crippen molar-refractivity contribution in [1.82, 2.24) is 9.88 Å². The molecule has 6 heteroatoms. The zero-order chi connectivity index (χ0) is 15.4. The molecule has 1 atom stereocenters. The SMILES string of the molecule is CC(CN(C)C(=O)c1nccc2ccccc12)C(N)=NO. The Bertz CT molecular complexity index is 679. The fraction of sp³-hybridized carbons (Fsp3) is 0.267. The minimum Gasteiger partial charge on any atom is -0.409 e. The zero-order valence-corrected chi connectivity index (χ0v) is 12.0. The molecule has 0 aliphatic rings. The van der Waals surface area contributed by atoms with Crippen LogP contribution in [0.15, 0.2) is 41.7 Å². The Morgan fingerprint density at radius 2 is 2.14 bits per heavy atom. The van der Waals surface area contributed by atoms with Gasteiger partial charge in [0.25, 0.3) is 5.91 Å². The highest BCUT2D eigenvalue weighted by Gasteiger charge is 2.19. The first kappa shape index (κ1) is 14.8. The van der Waals surface area contributed by atoms with E-state index in [9.17, 15) is 4.79 Å². The number of rotatable bonds is 4. The molecule has 0 aliphatic carbocycles. The summed E-state index contributed by atoms with van der Waals surface area (Å²) in [5.74, 6) is -0.330. The molecule has 0 fully saturated rings. The van der Waals surface area contributed by atoms with E-state index in [1.165, 1.54) is 4.90 Å². The Balaban J connectivity index is 2.26. The molecule has 21 heavy (non-hydrogen) atoms. The monoisotopic (exact) mass is 286 g/mol. The van der Waals surface area contributed by atoms with Crippen molar-refractivity contribution in [2.24, 2.45) is 16.8 Å². The number of hydrogen-bond acceptors (Lipinski definition) is 4. The molecule has 6 nitrogen and oxygen atoms in total. The van der Waals surface area contributed by atoms with Crippen LogP contribution in [-0.2, 0) is 0 Å². The van der Waals surface area contributed by atoms with Crippen LogP contribution in [0.2, 0.25) is 0 Å². The van der Waals surface area contributed by atoms with Gasteiger partial charge in [-0.05, 0) is 11.5 Å². The summed E-state index contributed by atoms with van der Waals surface area (Å²) in [4.78, 5) is 18.2. The van der Waals surface area contributed by atoms with Crippen molar-refractivity contribution in [3.63, 3.8) is 0 Å². The Labute approximate surface area is 122 Å². The summed E-state index contributed by atoms with van der Waals surface area (Å²) in [5, 5.41) is 13.4. The van der Waals surface area contributed by atoms with Gasteiger partial charge in [0.2, 0.25) is 0 Å². The maximum Gasteiger partial charge on any atom is 0.272 e. The third-order valence-corrected chi connectivity index (χ3v) is 3.39. The van der Waals surface area contributed by atoms with Gasteiger partial charge < -0.3 is 15.8 Å². The molecule has 0 saturated carbocycles. The lowest BCUT2D eigenvalue weighted by molar-refractivity contribution is 0.0782. The Morgan fingerprint density at radius 3 is 2.86 bits per heavy atom. The molecule has 0 aliphatic heterocycles. The van der Waals surface area contributed by atoms with Crippen LogP contribution >= 0.6 is 0 Å². The maximum atomic E-state index is 12.5. The minimum atomic E-state index is -0.237. The van der Waals surface area contributed by atoms with E-state index < -0.39 is 0 Å². The maximum absolute atomic E-state index is 12.5. The normalized spacial score (nSPS) is 13.1. The number of carbonyl (C=O) groups is 1. The highest BCUT2D eigenvalue weighted by molar-refractivity contribution is 6.05. The first-order valence-corrected chi connectivity index (χ1v) is 6.61. The number of nitrogens with two attached hydrogens (primary N) is 1. The first-order chi connectivity index (χ1) is 10.0. The number of benzene rings is 1. The van der Waals surface area contributed by atoms with Crippen LogP contribution in [0.3, 0.4) is 0 Å². The van der Waals surface area contributed by atoms with E-state index in [-0.39, 0.29) is 17.7 Å². The second-order valence-electron chi connectivity index (χ2n) is 4.99. The van der Waals surface area contributed by atoms with E-state index in [4.69, 9.17) is 10.9 Å². The van der Waals surface area contributed by atoms with Gasteiger partial charge in [-0.2, -0.15) is 0 Å². The van der Waals surface area contributed by atoms with Gasteiger partial charge >= 0.3 is 0 Å². The lowest BCUT2D eigenvalue weighted by Crippen LogP contribution is -2.36. The number of amidine groups is 1. The summed E-state index contributed by atoms with van der Waals surface area (Å²) < 4.78 is 0. The van der Waals surface area contributed by atoms with Crippen molar-refractivity contribution in [2.75, 3.05) is 13.6 Å². The summed E-state index contributed by atoms with van der Waals surface area (Å²) in [6.07, 6.45) is 1.62. The molecule has 0 saturated heterocycles. The van der Waals surface area contributed by atoms with E-state index >= 15 is 0 Å². The molecular weight excluding hydrogens is 268 g/mol. The van der Waals surface area contributed by atoms with Gasteiger partial charge in [0, 0.05) is 31.1 Å². The minimum absolute atomic E-state index is 0.0977. The lowest BCUT2D eigenvalue weighted by atomic mass is 10.1. The van der Waals surface area contributed by atoms with Crippen molar-refractivity contribution >= 4 is 22.5 Å². The fourth-order valence-electron chi connectivity index (χ4n) is 2.16. The second-order valence-corrected chi connectivity index (χ2v) is 4.99. The first-order valence-electron chi connectivity index (χ1n) is 6.61. The number of oxime groups is 1. The number of nitrogens with zero attached hydrogens (tertiary/aromatic N) is 3. The van der Waals surface area contributed by atoms with Crippen LogP contribution in [0.1, 0.15) is 17.4 Å². The highest BCUT2D eigenvalue weighted by Crippen LogP contribution is 2.17. The zero-order valence-electron chi connectivity index (χ0n) is 12.0. The Hall–Kier alpha value is -2.63. The average Bonchev–Trinajstić information content (AvgIpc) is 2.52. The van der Waals surface area contributed by atoms with E-state index in [1.54, 1.807) is 20.2 Å². The topological polar surface area (TPSA) is 91.8 Å². The molecule has 1 aromatic heterocycles. The van der Waals surface area contributed by atoms with Crippen LogP contribution in [-0.4, -0.2) is 40.4 Å². The van der Waals surface area contributed by atoms with Crippen LogP contribution in [0.4, 0.5) is 0 Å². The lowest BCUT2D eigenvalue weighted by Gasteiger charge is -2.21. The third kappa shape index (κ3) is 3.10. The molecule has 2 aromatic rings. The molecule has 1 aromatic carbocycles. The molecule has 0 radical (unpaired) electrons. The van der Waals surface area contributed by atoms with E-state index in [2.05, 4.69) is 10.1 Å². The summed E-state index contributed by atoms with van der Waals surface area (Å²) >= 11 is 0. The van der Waals surface area contributed by atoms with Crippen LogP contribution in [0.5, 0.6) is 0 Å². The molecular formula is C15H18N4O2. The Kier molecular flexibility index (Phi) is 4.37. The number of carbonyl (C=O) groups excluding carboxylic acids is 1. The van der Waals surface area contributed by atoms with Gasteiger partial charge in [-0.1, -0.05) is 36.3 Å². The second kappa shape index (κ2) is 6.21. The predicted octanol–water partition coefficient (Wildman–Crippen LogP) is 1.69. The van der Waals surface area contributed by atoms with Gasteiger partial charge in [-0.25, -0.2) is 0 Å². The van der Waals surface area contributed by atoms with E-state index in [0.717, 1.165) is 10.8 Å². The number of hydrogen-bond donors (Lipinski definition) is 2. The van der Waals surface area contributed by atoms with Gasteiger partial charge in [0.15, 0.2) is 0 Å². The summed E-state index contributed by atoms with van der Waals surface area (Å²) in [6.45, 7) is 2.13. The molecule has 0 bridgehead atoms. The van der Waals surface area contributed by atoms with Crippen molar-refractivity contribution < 1.29 is 10.0 Å². The number of pyridine rings is 1. The highest BCUT2D eigenvalue weighted by atomic mass is 16.4. The summed E-state index contributed by atoms with van der Waals surface area (Å²) in [6, 6.07) is 9.47. The summed E-state index contributed by atoms with van der Waals surface area (Å²) in [7, 11) is 1.67.